The number of carbonyl (C=O) groups is 1. The maximum Gasteiger partial charge on any atom is 0.268 e. The van der Waals surface area contributed by atoms with Gasteiger partial charge in [-0.05, 0) is 18.2 Å². The summed E-state index contributed by atoms with van der Waals surface area (Å²) >= 11 is 5.76. The van der Waals surface area contributed by atoms with Crippen LogP contribution < -0.4 is 5.56 Å². The highest BCUT2D eigenvalue weighted by Gasteiger charge is 2.06. The van der Waals surface area contributed by atoms with Gasteiger partial charge in [-0.2, -0.15) is 0 Å². The summed E-state index contributed by atoms with van der Waals surface area (Å²) in [6, 6.07) is 4.80. The summed E-state index contributed by atoms with van der Waals surface area (Å²) in [7, 11) is 0. The molecule has 4 nitrogen and oxygen atoms in total. The highest BCUT2D eigenvalue weighted by atomic mass is 35.5. The zero-order valence-corrected chi connectivity index (χ0v) is 8.65. The molecule has 2 aromatic rings. The molecule has 0 fully saturated rings. The van der Waals surface area contributed by atoms with E-state index in [0.29, 0.717) is 15.9 Å². The Morgan fingerprint density at radius 2 is 2.20 bits per heavy atom. The van der Waals surface area contributed by atoms with E-state index in [4.69, 9.17) is 11.6 Å². The smallest absolute Gasteiger partial charge is 0.268 e. The van der Waals surface area contributed by atoms with E-state index in [1.54, 1.807) is 12.1 Å². The second-order valence-electron chi connectivity index (χ2n) is 3.10. The maximum atomic E-state index is 11.8. The molecule has 0 spiro atoms. The second kappa shape index (κ2) is 3.47. The first-order chi connectivity index (χ1) is 7.09. The Morgan fingerprint density at radius 3 is 2.87 bits per heavy atom. The molecule has 1 heterocycles. The van der Waals surface area contributed by atoms with Gasteiger partial charge in [0.2, 0.25) is 5.91 Å². The lowest BCUT2D eigenvalue weighted by Gasteiger charge is -2.01. The molecule has 0 amide bonds. The van der Waals surface area contributed by atoms with Crippen LogP contribution in [0.4, 0.5) is 0 Å². The van der Waals surface area contributed by atoms with Gasteiger partial charge in [0.1, 0.15) is 6.33 Å². The fourth-order valence-corrected chi connectivity index (χ4v) is 1.49. The molecule has 2 rings (SSSR count). The molecule has 0 N–H and O–H groups in total. The number of carbonyl (C=O) groups excluding carboxylic acids is 1. The van der Waals surface area contributed by atoms with Crippen LogP contribution in [0.15, 0.2) is 29.3 Å². The van der Waals surface area contributed by atoms with Gasteiger partial charge in [-0.25, -0.2) is 9.55 Å². The molecule has 1 aromatic heterocycles. The molecule has 0 radical (unpaired) electrons. The number of benzene rings is 1. The van der Waals surface area contributed by atoms with Crippen molar-refractivity contribution in [2.75, 3.05) is 0 Å². The molecule has 0 saturated heterocycles. The van der Waals surface area contributed by atoms with E-state index < -0.39 is 5.56 Å². The van der Waals surface area contributed by atoms with Crippen molar-refractivity contribution in [1.29, 1.82) is 0 Å². The van der Waals surface area contributed by atoms with Gasteiger partial charge >= 0.3 is 0 Å². The molecule has 0 bridgehead atoms. The van der Waals surface area contributed by atoms with Crippen LogP contribution in [0, 0.1) is 0 Å². The number of hydrogen-bond acceptors (Lipinski definition) is 3. The van der Waals surface area contributed by atoms with Crippen LogP contribution >= 0.6 is 11.6 Å². The zero-order valence-electron chi connectivity index (χ0n) is 7.90. The number of hydrogen-bond donors (Lipinski definition) is 0. The molecule has 0 aliphatic rings. The maximum absolute atomic E-state index is 11.8. The van der Waals surface area contributed by atoms with E-state index in [9.17, 15) is 9.59 Å². The van der Waals surface area contributed by atoms with Crippen molar-refractivity contribution in [3.63, 3.8) is 0 Å². The first-order valence-electron chi connectivity index (χ1n) is 4.27. The normalized spacial score (nSPS) is 10.5. The van der Waals surface area contributed by atoms with Crippen molar-refractivity contribution in [2.45, 2.75) is 6.92 Å². The summed E-state index contributed by atoms with van der Waals surface area (Å²) in [5.41, 5.74) is 0.136. The predicted molar refractivity (Wildman–Crippen MR) is 57.3 cm³/mol. The average Bonchev–Trinajstić information content (AvgIpc) is 2.19. The summed E-state index contributed by atoms with van der Waals surface area (Å²) in [6.45, 7) is 1.31. The Labute approximate surface area is 90.1 Å². The molecule has 5 heteroatoms. The summed E-state index contributed by atoms with van der Waals surface area (Å²) in [5.74, 6) is -0.366. The van der Waals surface area contributed by atoms with Gasteiger partial charge in [0.15, 0.2) is 0 Å². The van der Waals surface area contributed by atoms with E-state index in [0.717, 1.165) is 4.57 Å². The van der Waals surface area contributed by atoms with Crippen LogP contribution in [0.25, 0.3) is 10.9 Å². The van der Waals surface area contributed by atoms with Crippen LogP contribution in [0.3, 0.4) is 0 Å². The van der Waals surface area contributed by atoms with Crippen molar-refractivity contribution in [1.82, 2.24) is 9.55 Å². The average molecular weight is 223 g/mol. The largest absolute Gasteiger partial charge is 0.274 e. The summed E-state index contributed by atoms with van der Waals surface area (Å²) in [5, 5.41) is 0.794. The number of aromatic nitrogens is 2. The quantitative estimate of drug-likeness (QED) is 0.682. The molecular formula is C10H7ClN2O2. The van der Waals surface area contributed by atoms with Gasteiger partial charge < -0.3 is 0 Å². The second-order valence-corrected chi connectivity index (χ2v) is 3.54. The fourth-order valence-electron chi connectivity index (χ4n) is 1.32. The molecule has 0 saturated carbocycles. The van der Waals surface area contributed by atoms with Gasteiger partial charge in [0.25, 0.3) is 5.56 Å². The predicted octanol–water partition coefficient (Wildman–Crippen LogP) is 1.71. The van der Waals surface area contributed by atoms with E-state index >= 15 is 0 Å². The van der Waals surface area contributed by atoms with Gasteiger partial charge in [-0.3, -0.25) is 9.59 Å². The minimum absolute atomic E-state index is 0.347. The number of halogens is 1. The molecule has 0 aliphatic carbocycles. The third-order valence-electron chi connectivity index (χ3n) is 2.06. The molecule has 76 valence electrons. The minimum Gasteiger partial charge on any atom is -0.274 e. The van der Waals surface area contributed by atoms with Crippen molar-refractivity contribution in [3.8, 4) is 0 Å². The van der Waals surface area contributed by atoms with Crippen LogP contribution in [-0.4, -0.2) is 15.5 Å². The number of fused-ring (bicyclic) bond motifs is 1. The number of nitrogens with zero attached hydrogens (tertiary/aromatic N) is 2. The zero-order chi connectivity index (χ0) is 11.0. The van der Waals surface area contributed by atoms with Crippen LogP contribution in [-0.2, 0) is 0 Å². The highest BCUT2D eigenvalue weighted by molar-refractivity contribution is 6.31. The first-order valence-corrected chi connectivity index (χ1v) is 4.65. The molecule has 0 unspecified atom stereocenters. The SMILES string of the molecule is CC(=O)n1cnc2ccc(Cl)cc2c1=O. The Bertz CT molecular complexity index is 604. The van der Waals surface area contributed by atoms with E-state index in [2.05, 4.69) is 4.98 Å². The Morgan fingerprint density at radius 1 is 1.47 bits per heavy atom. The Hall–Kier alpha value is -1.68. The van der Waals surface area contributed by atoms with Crippen molar-refractivity contribution >= 4 is 28.4 Å². The standard InChI is InChI=1S/C10H7ClN2O2/c1-6(14)13-5-12-9-3-2-7(11)4-8(9)10(13)15/h2-5H,1H3. The molecule has 1 aromatic carbocycles. The highest BCUT2D eigenvalue weighted by Crippen LogP contribution is 2.13. The van der Waals surface area contributed by atoms with Crippen LogP contribution in [0.5, 0.6) is 0 Å². The lowest BCUT2D eigenvalue weighted by atomic mass is 10.2. The molecule has 15 heavy (non-hydrogen) atoms. The lowest BCUT2D eigenvalue weighted by molar-refractivity contribution is 0.0931. The van der Waals surface area contributed by atoms with Crippen molar-refractivity contribution < 1.29 is 4.79 Å². The molecular weight excluding hydrogens is 216 g/mol. The van der Waals surface area contributed by atoms with Gasteiger partial charge in [-0.15, -0.1) is 0 Å². The van der Waals surface area contributed by atoms with Crippen LogP contribution in [0.2, 0.25) is 5.02 Å². The summed E-state index contributed by atoms with van der Waals surface area (Å²) in [4.78, 5) is 26.8. The van der Waals surface area contributed by atoms with Crippen LogP contribution in [0.1, 0.15) is 11.7 Å². The number of rotatable bonds is 0. The van der Waals surface area contributed by atoms with E-state index in [1.807, 2.05) is 0 Å². The third kappa shape index (κ3) is 1.64. The van der Waals surface area contributed by atoms with Gasteiger partial charge in [0, 0.05) is 11.9 Å². The Balaban J connectivity index is 2.89. The fraction of sp³-hybridized carbons (Fsp3) is 0.100. The topological polar surface area (TPSA) is 52.0 Å². The van der Waals surface area contributed by atoms with Gasteiger partial charge in [-0.1, -0.05) is 11.6 Å². The monoisotopic (exact) mass is 222 g/mol. The summed E-state index contributed by atoms with van der Waals surface area (Å²) in [6.07, 6.45) is 1.22. The van der Waals surface area contributed by atoms with E-state index in [-0.39, 0.29) is 5.91 Å². The summed E-state index contributed by atoms with van der Waals surface area (Å²) < 4.78 is 0.957. The van der Waals surface area contributed by atoms with Crippen molar-refractivity contribution in [3.05, 3.63) is 39.9 Å². The third-order valence-corrected chi connectivity index (χ3v) is 2.29. The minimum atomic E-state index is -0.394. The first kappa shape index (κ1) is 9.86. The Kier molecular flexibility index (Phi) is 2.28. The molecule has 0 aliphatic heterocycles. The van der Waals surface area contributed by atoms with E-state index in [1.165, 1.54) is 19.3 Å². The van der Waals surface area contributed by atoms with Crippen molar-refractivity contribution in [2.24, 2.45) is 0 Å². The van der Waals surface area contributed by atoms with Gasteiger partial charge in [0.05, 0.1) is 10.9 Å². The lowest BCUT2D eigenvalue weighted by Crippen LogP contribution is -2.24. The molecule has 0 atom stereocenters.